The first-order valence-corrected chi connectivity index (χ1v) is 17.5. The molecular formula is C38H57NO8. The van der Waals surface area contributed by atoms with E-state index in [1.165, 1.54) is 57.8 Å². The highest BCUT2D eigenvalue weighted by atomic mass is 16.6. The summed E-state index contributed by atoms with van der Waals surface area (Å²) in [7, 11) is 0. The van der Waals surface area contributed by atoms with Crippen LogP contribution in [0, 0.1) is 12.3 Å². The average molecular weight is 656 g/mol. The average Bonchev–Trinajstić information content (AvgIpc) is 3.09. The molecule has 3 rings (SSSR count). The summed E-state index contributed by atoms with van der Waals surface area (Å²) in [5.41, 5.74) is 1.15. The minimum atomic E-state index is 0.409. The summed E-state index contributed by atoms with van der Waals surface area (Å²) in [6.45, 7) is 7.14. The van der Waals surface area contributed by atoms with Gasteiger partial charge in [0.15, 0.2) is 23.0 Å². The molecule has 1 N–H and O–H groups in total. The van der Waals surface area contributed by atoms with Gasteiger partial charge in [0, 0.05) is 13.0 Å². The zero-order valence-electron chi connectivity index (χ0n) is 28.4. The molecule has 2 aromatic carbocycles. The lowest BCUT2D eigenvalue weighted by molar-refractivity contribution is 0.0223. The van der Waals surface area contributed by atoms with Crippen LogP contribution in [0.3, 0.4) is 0 Å². The van der Waals surface area contributed by atoms with Gasteiger partial charge in [0.1, 0.15) is 26.4 Å². The molecule has 0 amide bonds. The van der Waals surface area contributed by atoms with Crippen molar-refractivity contribution in [1.82, 2.24) is 5.32 Å². The van der Waals surface area contributed by atoms with E-state index < -0.39 is 0 Å². The van der Waals surface area contributed by atoms with E-state index in [-0.39, 0.29) is 0 Å². The molecule has 262 valence electrons. The van der Waals surface area contributed by atoms with Gasteiger partial charge in [-0.2, -0.15) is 0 Å². The quantitative estimate of drug-likeness (QED) is 0.189. The Hall–Kier alpha value is -3.00. The molecule has 0 bridgehead atoms. The van der Waals surface area contributed by atoms with Gasteiger partial charge in [-0.25, -0.2) is 0 Å². The van der Waals surface area contributed by atoms with Crippen LogP contribution in [0.15, 0.2) is 42.5 Å². The van der Waals surface area contributed by atoms with Gasteiger partial charge >= 0.3 is 0 Å². The van der Waals surface area contributed by atoms with Crippen molar-refractivity contribution in [3.63, 3.8) is 0 Å². The van der Waals surface area contributed by atoms with E-state index in [0.29, 0.717) is 102 Å². The van der Waals surface area contributed by atoms with Gasteiger partial charge < -0.3 is 43.2 Å². The number of para-hydroxylation sites is 2. The number of nitrogens with one attached hydrogen (secondary N) is 1. The van der Waals surface area contributed by atoms with Crippen molar-refractivity contribution in [2.45, 2.75) is 70.8 Å². The zero-order chi connectivity index (χ0) is 32.9. The fourth-order valence-corrected chi connectivity index (χ4v) is 5.02. The Labute approximate surface area is 282 Å². The lowest BCUT2D eigenvalue weighted by Gasteiger charge is -2.15. The highest BCUT2D eigenvalue weighted by Gasteiger charge is 2.09. The van der Waals surface area contributed by atoms with Crippen LogP contribution >= 0.6 is 0 Å². The Morgan fingerprint density at radius 2 is 0.915 bits per heavy atom. The van der Waals surface area contributed by atoms with Crippen molar-refractivity contribution >= 4 is 0 Å². The number of benzene rings is 2. The maximum Gasteiger partial charge on any atom is 0.161 e. The highest BCUT2D eigenvalue weighted by Crippen LogP contribution is 2.29. The van der Waals surface area contributed by atoms with Crippen LogP contribution in [0.5, 0.6) is 23.0 Å². The van der Waals surface area contributed by atoms with Crippen LogP contribution in [-0.4, -0.2) is 85.8 Å². The van der Waals surface area contributed by atoms with Crippen LogP contribution in [0.1, 0.15) is 69.8 Å². The third kappa shape index (κ3) is 18.8. The molecule has 9 heteroatoms. The molecule has 0 saturated carbocycles. The van der Waals surface area contributed by atoms with Crippen molar-refractivity contribution in [3.05, 3.63) is 48.0 Å². The standard InChI is InChI=1S/C38H57NO8/c1-2-3-4-5-6-7-8-9-10-11-14-19-39-33-34-17-18-37-38(32-34)47-31-27-43-23-22-41-25-29-45-36-16-13-12-15-35(36)44-28-24-40-20-21-42-26-30-46-37/h1,12-13,15-18,32,39H,3-11,14,19-31,33H2. The molecule has 2 aromatic rings. The topological polar surface area (TPSA) is 85.9 Å². The minimum Gasteiger partial charge on any atom is -0.487 e. The smallest absolute Gasteiger partial charge is 0.161 e. The maximum absolute atomic E-state index is 6.10. The van der Waals surface area contributed by atoms with Crippen molar-refractivity contribution in [1.29, 1.82) is 0 Å². The summed E-state index contributed by atoms with van der Waals surface area (Å²) >= 11 is 0. The number of terminal acetylenes is 1. The highest BCUT2D eigenvalue weighted by molar-refractivity contribution is 5.43. The number of ether oxygens (including phenoxy) is 8. The minimum absolute atomic E-state index is 0.409. The normalized spacial score (nSPS) is 16.1. The first-order chi connectivity index (χ1) is 23.4. The van der Waals surface area contributed by atoms with E-state index in [0.717, 1.165) is 25.1 Å². The Bertz CT molecular complexity index is 1090. The van der Waals surface area contributed by atoms with Crippen LogP contribution in [-0.2, 0) is 25.5 Å². The predicted octanol–water partition coefficient (Wildman–Crippen LogP) is 6.61. The van der Waals surface area contributed by atoms with Gasteiger partial charge in [-0.05, 0) is 49.2 Å². The third-order valence-corrected chi connectivity index (χ3v) is 7.55. The van der Waals surface area contributed by atoms with Crippen LogP contribution < -0.4 is 24.3 Å². The van der Waals surface area contributed by atoms with Crippen LogP contribution in [0.25, 0.3) is 0 Å². The molecule has 0 aromatic heterocycles. The molecule has 1 heterocycles. The molecule has 0 unspecified atom stereocenters. The summed E-state index contributed by atoms with van der Waals surface area (Å²) in [4.78, 5) is 0. The van der Waals surface area contributed by atoms with Gasteiger partial charge in [0.25, 0.3) is 0 Å². The number of hydrogen-bond acceptors (Lipinski definition) is 9. The SMILES string of the molecule is C#CCCCCCCCCCCCNCc1ccc2c(c1)OCCOCCOCCOc1ccccc1OCCOCCOCCO2. The Kier molecular flexibility index (Phi) is 22.1. The Morgan fingerprint density at radius 3 is 1.43 bits per heavy atom. The number of rotatable bonds is 13. The second kappa shape index (κ2) is 27.0. The van der Waals surface area contributed by atoms with Gasteiger partial charge in [-0.15, -0.1) is 12.3 Å². The van der Waals surface area contributed by atoms with Crippen LogP contribution in [0.4, 0.5) is 0 Å². The molecular weight excluding hydrogens is 598 g/mol. The largest absolute Gasteiger partial charge is 0.487 e. The van der Waals surface area contributed by atoms with Gasteiger partial charge in [0.05, 0.1) is 52.9 Å². The number of unbranched alkanes of at least 4 members (excludes halogenated alkanes) is 9. The second-order valence-corrected chi connectivity index (χ2v) is 11.4. The van der Waals surface area contributed by atoms with E-state index in [4.69, 9.17) is 44.3 Å². The number of fused-ring (bicyclic) bond motifs is 2. The fraction of sp³-hybridized carbons (Fsp3) is 0.632. The first kappa shape index (κ1) is 38.4. The lowest BCUT2D eigenvalue weighted by Crippen LogP contribution is -2.16. The van der Waals surface area contributed by atoms with E-state index in [1.807, 2.05) is 36.4 Å². The summed E-state index contributed by atoms with van der Waals surface area (Å²) in [6, 6.07) is 13.7. The van der Waals surface area contributed by atoms with E-state index in [9.17, 15) is 0 Å². The predicted molar refractivity (Wildman–Crippen MR) is 185 cm³/mol. The van der Waals surface area contributed by atoms with E-state index >= 15 is 0 Å². The van der Waals surface area contributed by atoms with Crippen molar-refractivity contribution in [3.8, 4) is 35.3 Å². The molecule has 47 heavy (non-hydrogen) atoms. The molecule has 0 aliphatic carbocycles. The molecule has 0 atom stereocenters. The first-order valence-electron chi connectivity index (χ1n) is 17.5. The van der Waals surface area contributed by atoms with Gasteiger partial charge in [0.2, 0.25) is 0 Å². The molecule has 0 radical (unpaired) electrons. The molecule has 0 spiro atoms. The Balaban J connectivity index is 1.36. The van der Waals surface area contributed by atoms with Crippen LogP contribution in [0.2, 0.25) is 0 Å². The van der Waals surface area contributed by atoms with E-state index in [2.05, 4.69) is 17.3 Å². The number of hydrogen-bond donors (Lipinski definition) is 1. The van der Waals surface area contributed by atoms with Crippen molar-refractivity contribution in [2.24, 2.45) is 0 Å². The summed E-state index contributed by atoms with van der Waals surface area (Å²) in [5, 5.41) is 3.58. The summed E-state index contributed by atoms with van der Waals surface area (Å²) < 4.78 is 46.5. The van der Waals surface area contributed by atoms with E-state index in [1.54, 1.807) is 0 Å². The Morgan fingerprint density at radius 1 is 0.489 bits per heavy atom. The van der Waals surface area contributed by atoms with Crippen molar-refractivity contribution in [2.75, 3.05) is 85.8 Å². The van der Waals surface area contributed by atoms with Gasteiger partial charge in [-0.1, -0.05) is 63.1 Å². The third-order valence-electron chi connectivity index (χ3n) is 7.55. The maximum atomic E-state index is 6.10. The molecule has 1 aliphatic heterocycles. The second-order valence-electron chi connectivity index (χ2n) is 11.4. The molecule has 0 fully saturated rings. The van der Waals surface area contributed by atoms with Crippen molar-refractivity contribution < 1.29 is 37.9 Å². The molecule has 0 saturated heterocycles. The monoisotopic (exact) mass is 655 g/mol. The summed E-state index contributed by atoms with van der Waals surface area (Å²) in [6.07, 6.45) is 17.7. The summed E-state index contributed by atoms with van der Waals surface area (Å²) in [5.74, 6) is 5.49. The lowest BCUT2D eigenvalue weighted by atomic mass is 10.1. The fourth-order valence-electron chi connectivity index (χ4n) is 5.02. The molecule has 9 nitrogen and oxygen atoms in total. The molecule has 1 aliphatic rings. The zero-order valence-corrected chi connectivity index (χ0v) is 28.4. The van der Waals surface area contributed by atoms with Gasteiger partial charge in [-0.3, -0.25) is 0 Å².